The highest BCUT2D eigenvalue weighted by Gasteiger charge is 2.09. The van der Waals surface area contributed by atoms with Crippen molar-refractivity contribution in [1.29, 1.82) is 0 Å². The topological polar surface area (TPSA) is 88.5 Å². The largest absolute Gasteiger partial charge is 0.345 e. The van der Waals surface area contributed by atoms with Gasteiger partial charge < -0.3 is 5.32 Å². The minimum Gasteiger partial charge on any atom is -0.345 e. The van der Waals surface area contributed by atoms with Crippen LogP contribution in [0.3, 0.4) is 0 Å². The summed E-state index contributed by atoms with van der Waals surface area (Å²) in [5, 5.41) is 13.0. The number of carbonyl (C=O) groups excluding carboxylic acids is 1. The average Bonchev–Trinajstić information content (AvgIpc) is 2.84. The van der Waals surface area contributed by atoms with Crippen LogP contribution in [0.4, 0.5) is 0 Å². The average molecular weight is 220 g/mol. The molecule has 2 rings (SSSR count). The first-order valence-corrected chi connectivity index (χ1v) is 4.79. The third-order valence-electron chi connectivity index (χ3n) is 2.18. The molecule has 0 aliphatic carbocycles. The van der Waals surface area contributed by atoms with Crippen LogP contribution in [0.15, 0.2) is 12.5 Å². The van der Waals surface area contributed by atoms with Gasteiger partial charge in [0.1, 0.15) is 6.33 Å². The Balaban J connectivity index is 1.98. The number of aryl methyl sites for hydroxylation is 2. The van der Waals surface area contributed by atoms with Crippen molar-refractivity contribution >= 4 is 5.91 Å². The quantitative estimate of drug-likeness (QED) is 0.748. The fraction of sp³-hybridized carbons (Fsp3) is 0.333. The zero-order chi connectivity index (χ0) is 11.5. The van der Waals surface area contributed by atoms with Gasteiger partial charge in [0.2, 0.25) is 5.82 Å². The van der Waals surface area contributed by atoms with Crippen LogP contribution < -0.4 is 5.32 Å². The molecule has 1 amide bonds. The first-order valence-electron chi connectivity index (χ1n) is 4.79. The molecule has 7 heteroatoms. The Bertz CT molecular complexity index is 486. The summed E-state index contributed by atoms with van der Waals surface area (Å²) >= 11 is 0. The molecule has 84 valence electrons. The lowest BCUT2D eigenvalue weighted by molar-refractivity contribution is 0.0941. The van der Waals surface area contributed by atoms with Gasteiger partial charge in [0, 0.05) is 25.4 Å². The highest BCUT2D eigenvalue weighted by atomic mass is 16.2. The summed E-state index contributed by atoms with van der Waals surface area (Å²) in [6, 6.07) is 0. The number of aromatic amines is 1. The second-order valence-corrected chi connectivity index (χ2v) is 3.43. The smallest absolute Gasteiger partial charge is 0.288 e. The van der Waals surface area contributed by atoms with Crippen molar-refractivity contribution in [1.82, 2.24) is 30.3 Å². The lowest BCUT2D eigenvalue weighted by Gasteiger charge is -2.00. The molecule has 2 heterocycles. The highest BCUT2D eigenvalue weighted by Crippen LogP contribution is 2.03. The summed E-state index contributed by atoms with van der Waals surface area (Å²) < 4.78 is 1.71. The molecule has 0 saturated heterocycles. The third-order valence-corrected chi connectivity index (χ3v) is 2.18. The van der Waals surface area contributed by atoms with Crippen molar-refractivity contribution in [2.75, 3.05) is 0 Å². The fourth-order valence-electron chi connectivity index (χ4n) is 1.40. The molecule has 7 nitrogen and oxygen atoms in total. The van der Waals surface area contributed by atoms with E-state index >= 15 is 0 Å². The Labute approximate surface area is 91.9 Å². The molecular weight excluding hydrogens is 208 g/mol. The van der Waals surface area contributed by atoms with E-state index in [1.807, 2.05) is 20.2 Å². The van der Waals surface area contributed by atoms with Crippen molar-refractivity contribution in [3.8, 4) is 0 Å². The van der Waals surface area contributed by atoms with E-state index in [4.69, 9.17) is 0 Å². The predicted octanol–water partition coefficient (Wildman–Crippen LogP) is -0.223. The Hall–Kier alpha value is -2.18. The van der Waals surface area contributed by atoms with Gasteiger partial charge in [-0.3, -0.25) is 14.6 Å². The molecule has 2 aromatic heterocycles. The first kappa shape index (κ1) is 10.3. The molecule has 0 radical (unpaired) electrons. The van der Waals surface area contributed by atoms with Gasteiger partial charge >= 0.3 is 0 Å². The molecule has 0 aliphatic rings. The normalized spacial score (nSPS) is 10.4. The Morgan fingerprint density at radius 1 is 1.62 bits per heavy atom. The monoisotopic (exact) mass is 220 g/mol. The summed E-state index contributed by atoms with van der Waals surface area (Å²) in [6.45, 7) is 2.33. The molecule has 0 bridgehead atoms. The maximum Gasteiger partial charge on any atom is 0.288 e. The summed E-state index contributed by atoms with van der Waals surface area (Å²) in [5.41, 5.74) is 1.88. The van der Waals surface area contributed by atoms with E-state index in [1.54, 1.807) is 4.68 Å². The molecule has 0 fully saturated rings. The van der Waals surface area contributed by atoms with Crippen LogP contribution in [0.2, 0.25) is 0 Å². The number of H-pyrrole nitrogens is 1. The van der Waals surface area contributed by atoms with Crippen molar-refractivity contribution in [3.63, 3.8) is 0 Å². The van der Waals surface area contributed by atoms with Crippen LogP contribution in [-0.2, 0) is 13.6 Å². The van der Waals surface area contributed by atoms with Crippen molar-refractivity contribution in [2.45, 2.75) is 13.5 Å². The van der Waals surface area contributed by atoms with Crippen LogP contribution in [0.1, 0.15) is 21.9 Å². The summed E-state index contributed by atoms with van der Waals surface area (Å²) in [5.74, 6) is -0.0673. The minimum absolute atomic E-state index is 0.210. The minimum atomic E-state index is -0.277. The maximum absolute atomic E-state index is 11.5. The highest BCUT2D eigenvalue weighted by molar-refractivity contribution is 5.90. The van der Waals surface area contributed by atoms with E-state index < -0.39 is 0 Å². The van der Waals surface area contributed by atoms with E-state index in [9.17, 15) is 4.79 Å². The van der Waals surface area contributed by atoms with Gasteiger partial charge in [-0.25, -0.2) is 4.98 Å². The van der Waals surface area contributed by atoms with E-state index in [1.165, 1.54) is 6.33 Å². The molecule has 0 aliphatic heterocycles. The van der Waals surface area contributed by atoms with Gasteiger partial charge in [0.25, 0.3) is 5.91 Å². The van der Waals surface area contributed by atoms with E-state index in [0.717, 1.165) is 11.3 Å². The fourth-order valence-corrected chi connectivity index (χ4v) is 1.40. The van der Waals surface area contributed by atoms with Crippen molar-refractivity contribution < 1.29 is 4.79 Å². The van der Waals surface area contributed by atoms with Crippen LogP contribution in [0.25, 0.3) is 0 Å². The standard InChI is InChI=1S/C9H12N6O/c1-6-7(4-15(2)14-6)3-10-9(16)8-11-5-12-13-8/h4-5H,3H2,1-2H3,(H,10,16)(H,11,12,13). The molecule has 0 saturated carbocycles. The van der Waals surface area contributed by atoms with E-state index in [-0.39, 0.29) is 11.7 Å². The van der Waals surface area contributed by atoms with Gasteiger partial charge in [-0.1, -0.05) is 0 Å². The van der Waals surface area contributed by atoms with Crippen molar-refractivity contribution in [2.24, 2.45) is 7.05 Å². The SMILES string of the molecule is Cc1nn(C)cc1CNC(=O)c1ncn[nH]1. The van der Waals surface area contributed by atoms with Gasteiger partial charge in [-0.2, -0.15) is 10.2 Å². The van der Waals surface area contributed by atoms with Crippen molar-refractivity contribution in [3.05, 3.63) is 29.6 Å². The Morgan fingerprint density at radius 2 is 2.44 bits per heavy atom. The van der Waals surface area contributed by atoms with Crippen LogP contribution >= 0.6 is 0 Å². The number of carbonyl (C=O) groups is 1. The molecule has 16 heavy (non-hydrogen) atoms. The summed E-state index contributed by atoms with van der Waals surface area (Å²) in [4.78, 5) is 15.3. The number of nitrogens with one attached hydrogen (secondary N) is 2. The number of aromatic nitrogens is 5. The van der Waals surface area contributed by atoms with Gasteiger partial charge in [0.05, 0.1) is 5.69 Å². The van der Waals surface area contributed by atoms with Gasteiger partial charge in [-0.15, -0.1) is 0 Å². The first-order chi connectivity index (χ1) is 7.66. The number of hydrogen-bond donors (Lipinski definition) is 2. The van der Waals surface area contributed by atoms with Crippen LogP contribution in [-0.4, -0.2) is 30.9 Å². The maximum atomic E-state index is 11.5. The molecule has 0 atom stereocenters. The lowest BCUT2D eigenvalue weighted by Crippen LogP contribution is -2.24. The number of amides is 1. The molecular formula is C9H12N6O. The number of hydrogen-bond acceptors (Lipinski definition) is 4. The zero-order valence-corrected chi connectivity index (χ0v) is 9.06. The lowest BCUT2D eigenvalue weighted by atomic mass is 10.2. The molecule has 2 aromatic rings. The summed E-state index contributed by atoms with van der Waals surface area (Å²) in [6.07, 6.45) is 3.17. The second kappa shape index (κ2) is 4.13. The van der Waals surface area contributed by atoms with Gasteiger partial charge in [0.15, 0.2) is 0 Å². The second-order valence-electron chi connectivity index (χ2n) is 3.43. The van der Waals surface area contributed by atoms with Crippen LogP contribution in [0.5, 0.6) is 0 Å². The van der Waals surface area contributed by atoms with Crippen LogP contribution in [0, 0.1) is 6.92 Å². The molecule has 0 unspecified atom stereocenters. The Kier molecular flexibility index (Phi) is 2.67. The molecule has 0 spiro atoms. The van der Waals surface area contributed by atoms with Gasteiger partial charge in [-0.05, 0) is 6.92 Å². The number of rotatable bonds is 3. The number of nitrogens with zero attached hydrogens (tertiary/aromatic N) is 4. The summed E-state index contributed by atoms with van der Waals surface area (Å²) in [7, 11) is 1.84. The van der Waals surface area contributed by atoms with E-state index in [2.05, 4.69) is 25.6 Å². The third kappa shape index (κ3) is 2.08. The Morgan fingerprint density at radius 3 is 3.00 bits per heavy atom. The molecule has 2 N–H and O–H groups in total. The van der Waals surface area contributed by atoms with E-state index in [0.29, 0.717) is 6.54 Å². The zero-order valence-electron chi connectivity index (χ0n) is 9.06. The predicted molar refractivity (Wildman–Crippen MR) is 55.5 cm³/mol. The molecule has 0 aromatic carbocycles.